The fraction of sp³-hybridized carbons (Fsp3) is 0.0833. The average Bonchev–Trinajstić information content (AvgIpc) is 2.72. The van der Waals surface area contributed by atoms with Crippen molar-refractivity contribution < 1.29 is 0 Å². The van der Waals surface area contributed by atoms with Gasteiger partial charge in [0.15, 0.2) is 0 Å². The molecular formula is C12H10NS. The summed E-state index contributed by atoms with van der Waals surface area (Å²) in [4.78, 5) is 0. The fourth-order valence-electron chi connectivity index (χ4n) is 1.27. The second kappa shape index (κ2) is 4.20. The van der Waals surface area contributed by atoms with E-state index in [4.69, 9.17) is 0 Å². The maximum atomic E-state index is 4.24. The van der Waals surface area contributed by atoms with Gasteiger partial charge in [0.2, 0.25) is 0 Å². The molecule has 0 bridgehead atoms. The third-order valence-electron chi connectivity index (χ3n) is 1.99. The molecule has 69 valence electrons. The summed E-state index contributed by atoms with van der Waals surface area (Å²) in [6, 6.07) is 13.0. The van der Waals surface area contributed by atoms with Gasteiger partial charge in [-0.05, 0) is 41.2 Å². The van der Waals surface area contributed by atoms with Gasteiger partial charge >= 0.3 is 0 Å². The Bertz CT molecular complexity index is 403. The van der Waals surface area contributed by atoms with E-state index in [1.807, 2.05) is 29.6 Å². The smallest absolute Gasteiger partial charge is 0.0797 e. The number of allylic oxidation sites excluding steroid dienone is 1. The number of hydrogen-bond donors (Lipinski definition) is 0. The van der Waals surface area contributed by atoms with Crippen LogP contribution in [0.15, 0.2) is 42.3 Å². The van der Waals surface area contributed by atoms with Gasteiger partial charge < -0.3 is 0 Å². The number of hydrogen-bond acceptors (Lipinski definition) is 2. The molecule has 0 saturated heterocycles. The van der Waals surface area contributed by atoms with E-state index in [0.29, 0.717) is 0 Å². The first-order valence-corrected chi connectivity index (χ1v) is 5.23. The highest BCUT2D eigenvalue weighted by atomic mass is 32.1. The van der Waals surface area contributed by atoms with Crippen molar-refractivity contribution in [2.24, 2.45) is 0 Å². The minimum absolute atomic E-state index is 0.848. The maximum Gasteiger partial charge on any atom is 0.0797 e. The van der Waals surface area contributed by atoms with Crippen molar-refractivity contribution in [1.82, 2.24) is 4.37 Å². The molecule has 1 aromatic heterocycles. The van der Waals surface area contributed by atoms with Crippen molar-refractivity contribution in [1.29, 1.82) is 0 Å². The average molecular weight is 200 g/mol. The van der Waals surface area contributed by atoms with Crippen molar-refractivity contribution >= 4 is 17.1 Å². The summed E-state index contributed by atoms with van der Waals surface area (Å²) in [6.07, 6.45) is 0.848. The van der Waals surface area contributed by atoms with Crippen LogP contribution >= 0.6 is 11.5 Å². The third kappa shape index (κ3) is 2.09. The van der Waals surface area contributed by atoms with E-state index in [0.717, 1.165) is 17.7 Å². The first-order valence-electron chi connectivity index (χ1n) is 4.40. The molecule has 2 heteroatoms. The molecule has 1 radical (unpaired) electrons. The number of benzene rings is 1. The predicted molar refractivity (Wildman–Crippen MR) is 60.1 cm³/mol. The topological polar surface area (TPSA) is 12.9 Å². The van der Waals surface area contributed by atoms with Gasteiger partial charge in [0.05, 0.1) is 5.69 Å². The Labute approximate surface area is 87.9 Å². The molecule has 0 aliphatic heterocycles. The van der Waals surface area contributed by atoms with Crippen LogP contribution in [0.3, 0.4) is 0 Å². The highest BCUT2D eigenvalue weighted by molar-refractivity contribution is 7.03. The zero-order valence-corrected chi connectivity index (χ0v) is 8.55. The van der Waals surface area contributed by atoms with Gasteiger partial charge in [-0.25, -0.2) is 0 Å². The number of nitrogens with zero attached hydrogens (tertiary/aromatic N) is 1. The van der Waals surface area contributed by atoms with Gasteiger partial charge in [-0.1, -0.05) is 30.8 Å². The molecule has 1 aromatic carbocycles. The monoisotopic (exact) mass is 200 g/mol. The highest BCUT2D eigenvalue weighted by Gasteiger charge is 2.01. The standard InChI is InChI=1S/C12H10NS/c1-10(12-7-8-14-13-12)9-11-5-3-2-4-6-11/h2-3,5-8H,1,9H2. The molecule has 0 fully saturated rings. The molecule has 0 unspecified atom stereocenters. The van der Waals surface area contributed by atoms with Crippen molar-refractivity contribution in [3.63, 3.8) is 0 Å². The summed E-state index contributed by atoms with van der Waals surface area (Å²) < 4.78 is 4.24. The predicted octanol–water partition coefficient (Wildman–Crippen LogP) is 3.20. The lowest BCUT2D eigenvalue weighted by molar-refractivity contribution is 1.26. The van der Waals surface area contributed by atoms with Crippen LogP contribution in [0.2, 0.25) is 0 Å². The van der Waals surface area contributed by atoms with Crippen LogP contribution < -0.4 is 0 Å². The lowest BCUT2D eigenvalue weighted by atomic mass is 10.0. The van der Waals surface area contributed by atoms with Crippen LogP contribution in [-0.4, -0.2) is 4.37 Å². The van der Waals surface area contributed by atoms with Crippen LogP contribution in [0.4, 0.5) is 0 Å². The lowest BCUT2D eigenvalue weighted by Gasteiger charge is -2.01. The normalized spacial score (nSPS) is 10.0. The first kappa shape index (κ1) is 9.16. The molecule has 2 aromatic rings. The van der Waals surface area contributed by atoms with Crippen molar-refractivity contribution in [2.75, 3.05) is 0 Å². The van der Waals surface area contributed by atoms with Gasteiger partial charge in [-0.2, -0.15) is 4.37 Å². The van der Waals surface area contributed by atoms with Gasteiger partial charge in [0.25, 0.3) is 0 Å². The molecule has 0 saturated carbocycles. The van der Waals surface area contributed by atoms with Crippen LogP contribution in [0.1, 0.15) is 11.3 Å². The highest BCUT2D eigenvalue weighted by Crippen LogP contribution is 2.16. The van der Waals surface area contributed by atoms with Crippen LogP contribution in [0, 0.1) is 6.07 Å². The second-order valence-electron chi connectivity index (χ2n) is 3.08. The summed E-state index contributed by atoms with van der Waals surface area (Å²) in [7, 11) is 0. The Kier molecular flexibility index (Phi) is 2.75. The Morgan fingerprint density at radius 3 is 3.07 bits per heavy atom. The van der Waals surface area contributed by atoms with E-state index < -0.39 is 0 Å². The molecule has 0 aliphatic rings. The number of aromatic nitrogens is 1. The van der Waals surface area contributed by atoms with Crippen LogP contribution in [-0.2, 0) is 6.42 Å². The third-order valence-corrected chi connectivity index (χ3v) is 2.55. The summed E-state index contributed by atoms with van der Waals surface area (Å²) in [5.41, 5.74) is 3.29. The summed E-state index contributed by atoms with van der Waals surface area (Å²) in [5, 5.41) is 1.97. The second-order valence-corrected chi connectivity index (χ2v) is 3.74. The van der Waals surface area contributed by atoms with Crippen LogP contribution in [0.25, 0.3) is 5.57 Å². The zero-order chi connectivity index (χ0) is 9.80. The van der Waals surface area contributed by atoms with E-state index >= 15 is 0 Å². The van der Waals surface area contributed by atoms with E-state index in [-0.39, 0.29) is 0 Å². The van der Waals surface area contributed by atoms with Gasteiger partial charge in [-0.15, -0.1) is 0 Å². The van der Waals surface area contributed by atoms with E-state index in [1.54, 1.807) is 0 Å². The molecule has 0 N–H and O–H groups in total. The molecule has 0 atom stereocenters. The fourth-order valence-corrected chi connectivity index (χ4v) is 1.83. The Balaban J connectivity index is 2.10. The lowest BCUT2D eigenvalue weighted by Crippen LogP contribution is -1.88. The minimum Gasteiger partial charge on any atom is -0.193 e. The largest absolute Gasteiger partial charge is 0.193 e. The van der Waals surface area contributed by atoms with E-state index in [9.17, 15) is 0 Å². The summed E-state index contributed by atoms with van der Waals surface area (Å²) in [5.74, 6) is 0. The molecule has 0 spiro atoms. The summed E-state index contributed by atoms with van der Waals surface area (Å²) in [6.45, 7) is 4.02. The van der Waals surface area contributed by atoms with Gasteiger partial charge in [0.1, 0.15) is 0 Å². The van der Waals surface area contributed by atoms with E-state index in [2.05, 4.69) is 23.1 Å². The van der Waals surface area contributed by atoms with Crippen LogP contribution in [0.5, 0.6) is 0 Å². The molecular weight excluding hydrogens is 190 g/mol. The molecule has 0 amide bonds. The maximum absolute atomic E-state index is 4.24. The zero-order valence-electron chi connectivity index (χ0n) is 7.73. The van der Waals surface area contributed by atoms with Gasteiger partial charge in [-0.3, -0.25) is 0 Å². The minimum atomic E-state index is 0.848. The number of rotatable bonds is 3. The Hall–Kier alpha value is -1.41. The molecule has 14 heavy (non-hydrogen) atoms. The first-order chi connectivity index (χ1) is 6.86. The molecule has 2 rings (SSSR count). The molecule has 0 aliphatic carbocycles. The quantitative estimate of drug-likeness (QED) is 0.741. The van der Waals surface area contributed by atoms with Crippen molar-refractivity contribution in [3.8, 4) is 0 Å². The van der Waals surface area contributed by atoms with E-state index in [1.165, 1.54) is 17.1 Å². The van der Waals surface area contributed by atoms with Crippen molar-refractivity contribution in [3.05, 3.63) is 59.6 Å². The SMILES string of the molecule is C=C(Cc1c[c]ccc1)c1ccsn1. The molecule has 1 nitrogen and oxygen atoms in total. The summed E-state index contributed by atoms with van der Waals surface area (Å²) >= 11 is 1.46. The van der Waals surface area contributed by atoms with Gasteiger partial charge in [0, 0.05) is 5.38 Å². The Morgan fingerprint density at radius 1 is 1.50 bits per heavy atom. The van der Waals surface area contributed by atoms with Crippen molar-refractivity contribution in [2.45, 2.75) is 6.42 Å². The Morgan fingerprint density at radius 2 is 2.43 bits per heavy atom. The molecule has 1 heterocycles.